The number of benzene rings is 8. The van der Waals surface area contributed by atoms with Gasteiger partial charge in [-0.2, -0.15) is 0 Å². The van der Waals surface area contributed by atoms with Gasteiger partial charge in [0.2, 0.25) is 0 Å². The molecule has 360 valence electrons. The van der Waals surface area contributed by atoms with Crippen molar-refractivity contribution in [1.82, 2.24) is 19.1 Å². The van der Waals surface area contributed by atoms with Crippen molar-refractivity contribution in [1.29, 1.82) is 0 Å². The van der Waals surface area contributed by atoms with Gasteiger partial charge in [0.15, 0.2) is 5.58 Å². The minimum atomic E-state index is -0.331. The third-order valence-corrected chi connectivity index (χ3v) is 15.9. The Morgan fingerprint density at radius 2 is 1.29 bits per heavy atom. The molecular formula is C67H60N4O2. The number of rotatable bonds is 5. The van der Waals surface area contributed by atoms with Gasteiger partial charge in [-0.25, -0.2) is 9.97 Å². The average Bonchev–Trinajstić information content (AvgIpc) is 4.10. The summed E-state index contributed by atoms with van der Waals surface area (Å²) in [5.41, 5.74) is 16.7. The van der Waals surface area contributed by atoms with Crippen molar-refractivity contribution in [3.8, 4) is 50.8 Å². The van der Waals surface area contributed by atoms with Gasteiger partial charge in [-0.05, 0) is 121 Å². The van der Waals surface area contributed by atoms with Crippen LogP contribution in [-0.4, -0.2) is 24.2 Å². The first-order chi connectivity index (χ1) is 34.9. The van der Waals surface area contributed by atoms with Gasteiger partial charge in [0.1, 0.15) is 22.8 Å². The first-order valence-electron chi connectivity index (χ1n) is 25.8. The van der Waals surface area contributed by atoms with E-state index >= 15 is 0 Å². The Labute approximate surface area is 426 Å². The van der Waals surface area contributed by atoms with Crippen molar-refractivity contribution in [2.45, 2.75) is 97.3 Å². The lowest BCUT2D eigenvalue weighted by atomic mass is 9.79. The van der Waals surface area contributed by atoms with Gasteiger partial charge in [-0.3, -0.25) is 9.13 Å². The molecule has 13 rings (SSSR count). The molecule has 4 heterocycles. The maximum Gasteiger partial charge on any atom is 0.160 e. The molecule has 0 fully saturated rings. The van der Waals surface area contributed by atoms with Gasteiger partial charge in [0.25, 0.3) is 0 Å². The summed E-state index contributed by atoms with van der Waals surface area (Å²) >= 11 is 0. The summed E-state index contributed by atoms with van der Waals surface area (Å²) in [6.07, 6.45) is 2.99. The second kappa shape index (κ2) is 15.5. The molecule has 0 saturated heterocycles. The fourth-order valence-electron chi connectivity index (χ4n) is 12.8. The molecule has 1 aliphatic carbocycles. The second-order valence-corrected chi connectivity index (χ2v) is 23.9. The van der Waals surface area contributed by atoms with Gasteiger partial charge < -0.3 is 9.52 Å². The highest BCUT2D eigenvalue weighted by Crippen LogP contribution is 2.54. The van der Waals surface area contributed by atoms with Gasteiger partial charge in [-0.1, -0.05) is 172 Å². The van der Waals surface area contributed by atoms with Crippen LogP contribution in [0, 0.1) is 0 Å². The van der Waals surface area contributed by atoms with E-state index in [9.17, 15) is 5.11 Å². The number of phenols is 1. The largest absolute Gasteiger partial charge is 0.507 e. The molecule has 0 unspecified atom stereocenters. The van der Waals surface area contributed by atoms with E-state index in [0.717, 1.165) is 106 Å². The standard InChI is InChI=1S/C67H60N4O2/c1-64(2,3)41-36-50(60(72)52(37-41)65(4,5)6)63-69-58-44(24-17-27-54(58)71(63)53-26-15-14-23-43(53)39-19-12-11-13-20-39)40-21-16-22-42(35-40)70-59-47(48-25-18-34-68-62(48)70)28-29-49-56-45-30-32-51-57(67(9,10)38-66(51,7)8)46(45)31-33-55(56)73-61(49)59/h11-37,72H,38H2,1-10H3. The highest BCUT2D eigenvalue weighted by Gasteiger charge is 2.43. The van der Waals surface area contributed by atoms with Gasteiger partial charge in [-0.15, -0.1) is 0 Å². The zero-order valence-corrected chi connectivity index (χ0v) is 43.4. The third-order valence-electron chi connectivity index (χ3n) is 15.9. The van der Waals surface area contributed by atoms with E-state index in [1.165, 1.54) is 21.9 Å². The third kappa shape index (κ3) is 6.75. The number of hydrogen-bond donors (Lipinski definition) is 1. The molecule has 8 aromatic carbocycles. The van der Waals surface area contributed by atoms with E-state index < -0.39 is 0 Å². The fourth-order valence-corrected chi connectivity index (χ4v) is 12.8. The monoisotopic (exact) mass is 952 g/mol. The summed E-state index contributed by atoms with van der Waals surface area (Å²) in [5.74, 6) is 0.929. The number of fused-ring (bicyclic) bond motifs is 12. The molecule has 1 N–H and O–H groups in total. The van der Waals surface area contributed by atoms with Crippen molar-refractivity contribution in [3.05, 3.63) is 186 Å². The summed E-state index contributed by atoms with van der Waals surface area (Å²) in [7, 11) is 0. The summed E-state index contributed by atoms with van der Waals surface area (Å²) in [4.78, 5) is 10.7. The quantitative estimate of drug-likeness (QED) is 0.187. The molecule has 0 spiro atoms. The minimum absolute atomic E-state index is 0.0491. The van der Waals surface area contributed by atoms with Crippen molar-refractivity contribution in [3.63, 3.8) is 0 Å². The first-order valence-corrected chi connectivity index (χ1v) is 25.8. The van der Waals surface area contributed by atoms with Crippen LogP contribution in [0.1, 0.15) is 97.9 Å². The molecule has 73 heavy (non-hydrogen) atoms. The zero-order valence-electron chi connectivity index (χ0n) is 43.4. The van der Waals surface area contributed by atoms with E-state index in [1.807, 2.05) is 12.3 Å². The van der Waals surface area contributed by atoms with Crippen LogP contribution < -0.4 is 0 Å². The molecule has 0 bridgehead atoms. The van der Waals surface area contributed by atoms with Crippen LogP contribution in [0.25, 0.3) is 111 Å². The summed E-state index contributed by atoms with van der Waals surface area (Å²) in [5, 5.41) is 19.5. The van der Waals surface area contributed by atoms with Crippen LogP contribution in [0.15, 0.2) is 168 Å². The van der Waals surface area contributed by atoms with E-state index in [0.29, 0.717) is 11.4 Å². The van der Waals surface area contributed by atoms with E-state index in [2.05, 4.69) is 230 Å². The number of aromatic hydroxyl groups is 1. The number of pyridine rings is 1. The number of nitrogens with zero attached hydrogens (tertiary/aromatic N) is 4. The smallest absolute Gasteiger partial charge is 0.160 e. The Balaban J connectivity index is 1.06. The Kier molecular flexibility index (Phi) is 9.56. The van der Waals surface area contributed by atoms with Crippen molar-refractivity contribution >= 4 is 65.7 Å². The Hall–Kier alpha value is -7.96. The van der Waals surface area contributed by atoms with E-state index in [1.54, 1.807) is 0 Å². The Morgan fingerprint density at radius 1 is 0.575 bits per heavy atom. The maximum absolute atomic E-state index is 12.5. The zero-order chi connectivity index (χ0) is 50.5. The molecule has 4 aromatic heterocycles. The highest BCUT2D eigenvalue weighted by atomic mass is 16.3. The number of para-hydroxylation sites is 2. The summed E-state index contributed by atoms with van der Waals surface area (Å²) in [6.45, 7) is 22.7. The normalized spacial score (nSPS) is 14.7. The molecule has 1 aliphatic rings. The van der Waals surface area contributed by atoms with Gasteiger partial charge >= 0.3 is 0 Å². The number of furan rings is 1. The molecule has 6 heteroatoms. The van der Waals surface area contributed by atoms with Crippen molar-refractivity contribution < 1.29 is 9.52 Å². The molecule has 0 saturated carbocycles. The molecule has 6 nitrogen and oxygen atoms in total. The van der Waals surface area contributed by atoms with Crippen molar-refractivity contribution in [2.75, 3.05) is 0 Å². The van der Waals surface area contributed by atoms with Crippen LogP contribution in [0.5, 0.6) is 5.75 Å². The average molecular weight is 953 g/mol. The first kappa shape index (κ1) is 44.9. The van der Waals surface area contributed by atoms with Gasteiger partial charge in [0.05, 0.1) is 27.8 Å². The Morgan fingerprint density at radius 3 is 2.08 bits per heavy atom. The fraction of sp³-hybridized carbons (Fsp3) is 0.224. The number of hydrogen-bond acceptors (Lipinski definition) is 4. The van der Waals surface area contributed by atoms with Crippen LogP contribution in [-0.2, 0) is 21.7 Å². The molecular weight excluding hydrogens is 893 g/mol. The second-order valence-electron chi connectivity index (χ2n) is 23.9. The molecule has 0 aliphatic heterocycles. The minimum Gasteiger partial charge on any atom is -0.507 e. The van der Waals surface area contributed by atoms with E-state index in [-0.39, 0.29) is 27.4 Å². The number of phenolic OH excluding ortho intramolecular Hbond substituents is 1. The topological polar surface area (TPSA) is 69.0 Å². The molecule has 12 aromatic rings. The van der Waals surface area contributed by atoms with Crippen LogP contribution in [0.3, 0.4) is 0 Å². The summed E-state index contributed by atoms with van der Waals surface area (Å²) < 4.78 is 11.6. The Bertz CT molecular complexity index is 4260. The van der Waals surface area contributed by atoms with Crippen LogP contribution in [0.2, 0.25) is 0 Å². The maximum atomic E-state index is 12.5. The predicted molar refractivity (Wildman–Crippen MR) is 304 cm³/mol. The lowest BCUT2D eigenvalue weighted by Gasteiger charge is -2.27. The number of aromatic nitrogens is 4. The van der Waals surface area contributed by atoms with Gasteiger partial charge in [0, 0.05) is 50.1 Å². The molecule has 0 radical (unpaired) electrons. The van der Waals surface area contributed by atoms with Crippen molar-refractivity contribution in [2.24, 2.45) is 0 Å². The number of imidazole rings is 1. The lowest BCUT2D eigenvalue weighted by Crippen LogP contribution is -2.18. The van der Waals surface area contributed by atoms with Crippen LogP contribution >= 0.6 is 0 Å². The lowest BCUT2D eigenvalue weighted by molar-refractivity contribution is 0.404. The summed E-state index contributed by atoms with van der Waals surface area (Å²) in [6, 6.07) is 56.5. The van der Waals surface area contributed by atoms with E-state index in [4.69, 9.17) is 14.4 Å². The molecule has 0 atom stereocenters. The molecule has 0 amide bonds. The predicted octanol–water partition coefficient (Wildman–Crippen LogP) is 17.8. The van der Waals surface area contributed by atoms with Crippen LogP contribution in [0.4, 0.5) is 0 Å². The highest BCUT2D eigenvalue weighted by molar-refractivity contribution is 6.26. The SMILES string of the molecule is CC(C)(C)c1cc(-c2nc3c(-c4cccc(-n5c6ncccc6c6ccc7c(oc8ccc9c%10c(ccc9c87)C(C)(C)CC%10(C)C)c65)c4)cccc3n2-c2ccccc2-c2ccccc2)c(O)c(C(C)(C)C)c1.